The molecule has 3 heterocycles. The number of hydrogen-bond acceptors (Lipinski definition) is 1. The summed E-state index contributed by atoms with van der Waals surface area (Å²) in [5.41, 5.74) is 17.5. The minimum Gasteiger partial charge on any atom is -0.316 e. The molecule has 0 radical (unpaired) electrons. The first-order valence-corrected chi connectivity index (χ1v) is 21.3. The van der Waals surface area contributed by atoms with Crippen LogP contribution >= 0.6 is 0 Å². The van der Waals surface area contributed by atoms with Crippen LogP contribution in [0.25, 0.3) is 82.7 Å². The van der Waals surface area contributed by atoms with Crippen molar-refractivity contribution in [1.29, 1.82) is 0 Å². The Hall–Kier alpha value is -8.08. The van der Waals surface area contributed by atoms with Crippen molar-refractivity contribution >= 4 is 71.6 Å². The Bertz CT molecular complexity index is 3620. The zero-order valence-electron chi connectivity index (χ0n) is 34.6. The molecule has 0 amide bonds. The van der Waals surface area contributed by atoms with E-state index in [-0.39, 0.29) is 0 Å². The number of para-hydroxylation sites is 2. The van der Waals surface area contributed by atoms with Crippen LogP contribution in [-0.4, -0.2) is 13.7 Å². The number of nitrogens with zero attached hydrogens (tertiary/aromatic N) is 4. The number of anilines is 3. The number of aryl methyl sites for hydroxylation is 2. The van der Waals surface area contributed by atoms with E-state index in [1.54, 1.807) is 0 Å². The van der Waals surface area contributed by atoms with Gasteiger partial charge in [-0.25, -0.2) is 0 Å². The van der Waals surface area contributed by atoms with Crippen molar-refractivity contribution in [2.75, 3.05) is 4.90 Å². The second-order valence-electron chi connectivity index (χ2n) is 16.4. The molecule has 0 aliphatic rings. The van der Waals surface area contributed by atoms with Crippen molar-refractivity contribution < 1.29 is 0 Å². The van der Waals surface area contributed by atoms with E-state index in [0.717, 1.165) is 34.1 Å². The van der Waals surface area contributed by atoms with E-state index in [1.165, 1.54) is 76.8 Å². The lowest BCUT2D eigenvalue weighted by molar-refractivity contribution is 1.13. The SMILES string of the molecule is Cc1ccc(N(c2cccc(-n3c4ccccc4c4ccc5c(ccn5-c5ccc(-c6ccccc6)cc5)c43)c2)c2ccc3c(c2)c2ccccc2n3-c2ccc(C)cc2)cc1. The molecule has 62 heavy (non-hydrogen) atoms. The van der Waals surface area contributed by atoms with Crippen LogP contribution in [0.2, 0.25) is 0 Å². The molecule has 0 saturated carbocycles. The summed E-state index contributed by atoms with van der Waals surface area (Å²) in [5.74, 6) is 0. The maximum absolute atomic E-state index is 2.46. The molecule has 12 aromatic rings. The molecule has 294 valence electrons. The van der Waals surface area contributed by atoms with E-state index < -0.39 is 0 Å². The third kappa shape index (κ3) is 5.76. The highest BCUT2D eigenvalue weighted by Crippen LogP contribution is 2.42. The van der Waals surface area contributed by atoms with Crippen LogP contribution in [0, 0.1) is 13.8 Å². The highest BCUT2D eigenvalue weighted by atomic mass is 15.1. The van der Waals surface area contributed by atoms with Crippen LogP contribution in [-0.2, 0) is 0 Å². The molecule has 0 N–H and O–H groups in total. The highest BCUT2D eigenvalue weighted by molar-refractivity contribution is 6.18. The third-order valence-electron chi connectivity index (χ3n) is 12.6. The first-order chi connectivity index (χ1) is 30.6. The van der Waals surface area contributed by atoms with Gasteiger partial charge in [0.1, 0.15) is 0 Å². The van der Waals surface area contributed by atoms with Gasteiger partial charge in [0.05, 0.1) is 27.6 Å². The van der Waals surface area contributed by atoms with Gasteiger partial charge in [0.2, 0.25) is 0 Å². The quantitative estimate of drug-likeness (QED) is 0.157. The summed E-state index contributed by atoms with van der Waals surface area (Å²) in [6, 6.07) is 77.6. The van der Waals surface area contributed by atoms with Crippen molar-refractivity contribution in [3.63, 3.8) is 0 Å². The molecule has 0 saturated heterocycles. The fraction of sp³-hybridized carbons (Fsp3) is 0.0345. The molecule has 9 aromatic carbocycles. The number of rotatable bonds is 7. The lowest BCUT2D eigenvalue weighted by atomic mass is 10.1. The molecule has 12 rings (SSSR count). The number of benzene rings is 9. The molecule has 0 aliphatic carbocycles. The van der Waals surface area contributed by atoms with E-state index in [4.69, 9.17) is 0 Å². The average molecular weight is 795 g/mol. The molecular formula is C58H42N4. The fourth-order valence-electron chi connectivity index (χ4n) is 9.60. The summed E-state index contributed by atoms with van der Waals surface area (Å²) in [6.45, 7) is 4.29. The number of aromatic nitrogens is 3. The summed E-state index contributed by atoms with van der Waals surface area (Å²) in [4.78, 5) is 2.40. The monoisotopic (exact) mass is 794 g/mol. The average Bonchev–Trinajstić information content (AvgIpc) is 4.01. The molecule has 0 bridgehead atoms. The largest absolute Gasteiger partial charge is 0.316 e. The van der Waals surface area contributed by atoms with Crippen molar-refractivity contribution in [1.82, 2.24) is 13.7 Å². The summed E-state index contributed by atoms with van der Waals surface area (Å²) in [7, 11) is 0. The van der Waals surface area contributed by atoms with Crippen LogP contribution < -0.4 is 4.90 Å². The third-order valence-corrected chi connectivity index (χ3v) is 12.6. The van der Waals surface area contributed by atoms with E-state index in [1.807, 2.05) is 0 Å². The summed E-state index contributed by atoms with van der Waals surface area (Å²) < 4.78 is 7.17. The van der Waals surface area contributed by atoms with Gasteiger partial charge >= 0.3 is 0 Å². The topological polar surface area (TPSA) is 18.0 Å². The smallest absolute Gasteiger partial charge is 0.0635 e. The number of fused-ring (bicyclic) bond motifs is 8. The van der Waals surface area contributed by atoms with Gasteiger partial charge in [-0.3, -0.25) is 0 Å². The Morgan fingerprint density at radius 2 is 0.903 bits per heavy atom. The van der Waals surface area contributed by atoms with Gasteiger partial charge < -0.3 is 18.6 Å². The van der Waals surface area contributed by atoms with Crippen LogP contribution in [0.4, 0.5) is 17.1 Å². The Kier molecular flexibility index (Phi) is 8.26. The lowest BCUT2D eigenvalue weighted by Crippen LogP contribution is -2.10. The fourth-order valence-corrected chi connectivity index (χ4v) is 9.60. The van der Waals surface area contributed by atoms with E-state index in [0.29, 0.717) is 0 Å². The maximum atomic E-state index is 2.46. The lowest BCUT2D eigenvalue weighted by Gasteiger charge is -2.26. The molecule has 0 atom stereocenters. The van der Waals surface area contributed by atoms with Gasteiger partial charge in [-0.15, -0.1) is 0 Å². The molecule has 4 nitrogen and oxygen atoms in total. The van der Waals surface area contributed by atoms with E-state index in [2.05, 4.69) is 251 Å². The summed E-state index contributed by atoms with van der Waals surface area (Å²) in [5, 5.41) is 6.14. The second kappa shape index (κ2) is 14.3. The van der Waals surface area contributed by atoms with Gasteiger partial charge in [0.25, 0.3) is 0 Å². The summed E-state index contributed by atoms with van der Waals surface area (Å²) in [6.07, 6.45) is 2.21. The molecular weight excluding hydrogens is 753 g/mol. The van der Waals surface area contributed by atoms with Crippen LogP contribution in [0.3, 0.4) is 0 Å². The normalized spacial score (nSPS) is 11.7. The van der Waals surface area contributed by atoms with Crippen LogP contribution in [0.15, 0.2) is 219 Å². The Morgan fingerprint density at radius 1 is 0.323 bits per heavy atom. The standard InChI is InChI=1S/C58H42N4/c1-39-19-25-44(26-20-39)60(48-31-33-57-53(38-48)50-16-7-8-17-55(50)61(57)45-27-21-40(2)22-28-45)46-13-10-14-47(37-46)62-56-18-9-6-15-49(56)51-32-34-54-52(58(51)62)35-36-59(54)43-29-23-42(24-30-43)41-11-4-3-5-12-41/h3-38H,1-2H3. The highest BCUT2D eigenvalue weighted by Gasteiger charge is 2.21. The van der Waals surface area contributed by atoms with Gasteiger partial charge in [-0.2, -0.15) is 0 Å². The zero-order chi connectivity index (χ0) is 41.3. The molecule has 4 heteroatoms. The molecule has 0 aliphatic heterocycles. The first kappa shape index (κ1) is 35.8. The first-order valence-electron chi connectivity index (χ1n) is 21.3. The van der Waals surface area contributed by atoms with Crippen molar-refractivity contribution in [3.8, 4) is 28.2 Å². The van der Waals surface area contributed by atoms with Crippen LogP contribution in [0.1, 0.15) is 11.1 Å². The number of hydrogen-bond donors (Lipinski definition) is 0. The molecule has 0 unspecified atom stereocenters. The maximum Gasteiger partial charge on any atom is 0.0635 e. The van der Waals surface area contributed by atoms with Crippen LogP contribution in [0.5, 0.6) is 0 Å². The van der Waals surface area contributed by atoms with Gasteiger partial charge in [-0.1, -0.05) is 126 Å². The van der Waals surface area contributed by atoms with Gasteiger partial charge in [-0.05, 0) is 122 Å². The van der Waals surface area contributed by atoms with Crippen molar-refractivity contribution in [2.45, 2.75) is 13.8 Å². The second-order valence-corrected chi connectivity index (χ2v) is 16.4. The Labute approximate surface area is 360 Å². The van der Waals surface area contributed by atoms with Gasteiger partial charge in [0.15, 0.2) is 0 Å². The molecule has 0 spiro atoms. The Balaban J connectivity index is 1.03. The van der Waals surface area contributed by atoms with Gasteiger partial charge in [0, 0.05) is 67.3 Å². The molecule has 3 aromatic heterocycles. The predicted octanol–water partition coefficient (Wildman–Crippen LogP) is 15.6. The van der Waals surface area contributed by atoms with E-state index in [9.17, 15) is 0 Å². The van der Waals surface area contributed by atoms with Crippen molar-refractivity contribution in [2.24, 2.45) is 0 Å². The minimum atomic E-state index is 1.09. The zero-order valence-corrected chi connectivity index (χ0v) is 34.6. The molecule has 0 fully saturated rings. The Morgan fingerprint density at radius 3 is 1.66 bits per heavy atom. The van der Waals surface area contributed by atoms with Crippen molar-refractivity contribution in [3.05, 3.63) is 230 Å². The van der Waals surface area contributed by atoms with E-state index >= 15 is 0 Å². The summed E-state index contributed by atoms with van der Waals surface area (Å²) >= 11 is 0. The minimum absolute atomic E-state index is 1.09. The predicted molar refractivity (Wildman–Crippen MR) is 262 cm³/mol.